The number of carbonyl (C=O) groups excluding carboxylic acids is 1. The molecule has 0 unspecified atom stereocenters. The largest absolute Gasteiger partial charge is 0.493 e. The summed E-state index contributed by atoms with van der Waals surface area (Å²) in [6, 6.07) is 9.98. The van der Waals surface area contributed by atoms with Crippen LogP contribution in [0.5, 0.6) is 11.5 Å². The predicted octanol–water partition coefficient (Wildman–Crippen LogP) is 2.97. The van der Waals surface area contributed by atoms with Gasteiger partial charge < -0.3 is 14.4 Å². The molecule has 1 amide bonds. The van der Waals surface area contributed by atoms with Crippen molar-refractivity contribution in [2.75, 3.05) is 26.5 Å². The van der Waals surface area contributed by atoms with Crippen molar-refractivity contribution < 1.29 is 14.3 Å². The lowest BCUT2D eigenvalue weighted by molar-refractivity contribution is -0.129. The van der Waals surface area contributed by atoms with E-state index in [1.807, 2.05) is 36.1 Å². The zero-order chi connectivity index (χ0) is 22.0. The second-order valence-electron chi connectivity index (χ2n) is 7.42. The van der Waals surface area contributed by atoms with E-state index in [2.05, 4.69) is 28.5 Å². The molecule has 3 aromatic rings. The highest BCUT2D eigenvalue weighted by atomic mass is 32.2. The van der Waals surface area contributed by atoms with Gasteiger partial charge in [0, 0.05) is 13.1 Å². The standard InChI is InChI=1S/C22H25N5O3S/c1-14-6-5-7-18(15(14)2)27-22(23-24-25-27)31-13-21(28)26-9-8-16-10-19(29-3)20(30-4)11-17(16)12-26/h5-7,10-11H,8-9,12-13H2,1-4H3. The Morgan fingerprint density at radius 1 is 1.13 bits per heavy atom. The molecular weight excluding hydrogens is 414 g/mol. The summed E-state index contributed by atoms with van der Waals surface area (Å²) in [5.74, 6) is 1.72. The van der Waals surface area contributed by atoms with E-state index >= 15 is 0 Å². The SMILES string of the molecule is COc1cc2c(cc1OC)CN(C(=O)CSc1nnnn1-c1cccc(C)c1C)CC2. The number of hydrogen-bond acceptors (Lipinski definition) is 7. The van der Waals surface area contributed by atoms with Crippen molar-refractivity contribution in [3.8, 4) is 17.2 Å². The van der Waals surface area contributed by atoms with Gasteiger partial charge in [-0.05, 0) is 71.1 Å². The van der Waals surface area contributed by atoms with Gasteiger partial charge in [-0.15, -0.1) is 5.10 Å². The van der Waals surface area contributed by atoms with E-state index < -0.39 is 0 Å². The number of tetrazole rings is 1. The van der Waals surface area contributed by atoms with Crippen LogP contribution in [0, 0.1) is 13.8 Å². The van der Waals surface area contributed by atoms with Gasteiger partial charge in [-0.1, -0.05) is 23.9 Å². The summed E-state index contributed by atoms with van der Waals surface area (Å²) < 4.78 is 12.5. The van der Waals surface area contributed by atoms with Crippen LogP contribution in [0.15, 0.2) is 35.5 Å². The second kappa shape index (κ2) is 8.97. The molecule has 2 aromatic carbocycles. The van der Waals surface area contributed by atoms with Crippen molar-refractivity contribution in [3.63, 3.8) is 0 Å². The van der Waals surface area contributed by atoms with E-state index in [9.17, 15) is 4.79 Å². The molecule has 8 nitrogen and oxygen atoms in total. The van der Waals surface area contributed by atoms with E-state index in [0.717, 1.165) is 29.0 Å². The van der Waals surface area contributed by atoms with Gasteiger partial charge in [0.1, 0.15) is 0 Å². The number of rotatable bonds is 6. The Kier molecular flexibility index (Phi) is 6.13. The third-order valence-electron chi connectivity index (χ3n) is 5.64. The van der Waals surface area contributed by atoms with E-state index in [4.69, 9.17) is 9.47 Å². The Morgan fingerprint density at radius 3 is 2.61 bits per heavy atom. The molecule has 0 atom stereocenters. The number of nitrogens with zero attached hydrogens (tertiary/aromatic N) is 5. The molecule has 0 bridgehead atoms. The number of thioether (sulfide) groups is 1. The Morgan fingerprint density at radius 2 is 1.87 bits per heavy atom. The number of carbonyl (C=O) groups is 1. The van der Waals surface area contributed by atoms with Crippen LogP contribution in [0.3, 0.4) is 0 Å². The quantitative estimate of drug-likeness (QED) is 0.546. The van der Waals surface area contributed by atoms with E-state index in [0.29, 0.717) is 24.0 Å². The summed E-state index contributed by atoms with van der Waals surface area (Å²) in [6.07, 6.45) is 0.784. The van der Waals surface area contributed by atoms with E-state index in [-0.39, 0.29) is 11.7 Å². The molecular formula is C22H25N5O3S. The van der Waals surface area contributed by atoms with Gasteiger partial charge in [0.15, 0.2) is 11.5 Å². The van der Waals surface area contributed by atoms with Gasteiger partial charge in [0.05, 0.1) is 25.7 Å². The average molecular weight is 440 g/mol. The monoisotopic (exact) mass is 439 g/mol. The van der Waals surface area contributed by atoms with Gasteiger partial charge in [0.2, 0.25) is 11.1 Å². The Balaban J connectivity index is 1.45. The molecule has 31 heavy (non-hydrogen) atoms. The summed E-state index contributed by atoms with van der Waals surface area (Å²) in [6.45, 7) is 5.32. The molecule has 0 saturated carbocycles. The topological polar surface area (TPSA) is 82.4 Å². The van der Waals surface area contributed by atoms with Gasteiger partial charge >= 0.3 is 0 Å². The molecule has 2 heterocycles. The Hall–Kier alpha value is -3.07. The molecule has 1 aromatic heterocycles. The van der Waals surface area contributed by atoms with Crippen LogP contribution in [-0.2, 0) is 17.8 Å². The average Bonchev–Trinajstić information content (AvgIpc) is 3.26. The lowest BCUT2D eigenvalue weighted by Crippen LogP contribution is -2.37. The zero-order valence-corrected chi connectivity index (χ0v) is 18.9. The van der Waals surface area contributed by atoms with Crippen molar-refractivity contribution in [1.29, 1.82) is 0 Å². The zero-order valence-electron chi connectivity index (χ0n) is 18.1. The van der Waals surface area contributed by atoms with Crippen molar-refractivity contribution in [3.05, 3.63) is 52.6 Å². The molecule has 0 radical (unpaired) electrons. The smallest absolute Gasteiger partial charge is 0.233 e. The molecule has 0 spiro atoms. The molecule has 0 aliphatic carbocycles. The first-order chi connectivity index (χ1) is 15.0. The minimum Gasteiger partial charge on any atom is -0.493 e. The van der Waals surface area contributed by atoms with Crippen LogP contribution in [-0.4, -0.2) is 57.5 Å². The molecule has 1 aliphatic rings. The maximum absolute atomic E-state index is 12.9. The number of hydrogen-bond donors (Lipinski definition) is 0. The van der Waals surface area contributed by atoms with Crippen LogP contribution >= 0.6 is 11.8 Å². The Bertz CT molecular complexity index is 1110. The molecule has 162 valence electrons. The van der Waals surface area contributed by atoms with Crippen LogP contribution < -0.4 is 9.47 Å². The van der Waals surface area contributed by atoms with Gasteiger partial charge in [-0.3, -0.25) is 4.79 Å². The highest BCUT2D eigenvalue weighted by molar-refractivity contribution is 7.99. The van der Waals surface area contributed by atoms with Crippen molar-refractivity contribution in [1.82, 2.24) is 25.1 Å². The van der Waals surface area contributed by atoms with Crippen LogP contribution in [0.25, 0.3) is 5.69 Å². The van der Waals surface area contributed by atoms with Crippen LogP contribution in [0.2, 0.25) is 0 Å². The summed E-state index contributed by atoms with van der Waals surface area (Å²) in [4.78, 5) is 14.8. The van der Waals surface area contributed by atoms with Crippen LogP contribution in [0.1, 0.15) is 22.3 Å². The van der Waals surface area contributed by atoms with Crippen LogP contribution in [0.4, 0.5) is 0 Å². The molecule has 4 rings (SSSR count). The first-order valence-corrected chi connectivity index (χ1v) is 11.0. The third kappa shape index (κ3) is 4.23. The maximum Gasteiger partial charge on any atom is 0.233 e. The first kappa shape index (κ1) is 21.2. The fraction of sp³-hybridized carbons (Fsp3) is 0.364. The van der Waals surface area contributed by atoms with Crippen molar-refractivity contribution in [2.45, 2.75) is 32.0 Å². The van der Waals surface area contributed by atoms with Gasteiger partial charge in [-0.2, -0.15) is 4.68 Å². The summed E-state index contributed by atoms with van der Waals surface area (Å²) in [5, 5.41) is 12.7. The number of methoxy groups -OCH3 is 2. The minimum atomic E-state index is 0.0564. The summed E-state index contributed by atoms with van der Waals surface area (Å²) in [7, 11) is 3.25. The van der Waals surface area contributed by atoms with Crippen molar-refractivity contribution >= 4 is 17.7 Å². The lowest BCUT2D eigenvalue weighted by atomic mass is 9.99. The number of ether oxygens (including phenoxy) is 2. The highest BCUT2D eigenvalue weighted by Crippen LogP contribution is 2.33. The fourth-order valence-corrected chi connectivity index (χ4v) is 4.49. The Labute approximate surface area is 185 Å². The number of aromatic nitrogens is 4. The number of amides is 1. The fourth-order valence-electron chi connectivity index (χ4n) is 3.70. The molecule has 1 aliphatic heterocycles. The number of fused-ring (bicyclic) bond motifs is 1. The number of benzene rings is 2. The van der Waals surface area contributed by atoms with Crippen molar-refractivity contribution in [2.24, 2.45) is 0 Å². The summed E-state index contributed by atoms with van der Waals surface area (Å²) >= 11 is 1.35. The highest BCUT2D eigenvalue weighted by Gasteiger charge is 2.24. The van der Waals surface area contributed by atoms with Gasteiger partial charge in [0.25, 0.3) is 0 Å². The molecule has 9 heteroatoms. The molecule has 0 fully saturated rings. The summed E-state index contributed by atoms with van der Waals surface area (Å²) in [5.41, 5.74) is 5.47. The normalized spacial score (nSPS) is 13.1. The molecule has 0 N–H and O–H groups in total. The second-order valence-corrected chi connectivity index (χ2v) is 8.36. The minimum absolute atomic E-state index is 0.0564. The first-order valence-electron chi connectivity index (χ1n) is 10.0. The van der Waals surface area contributed by atoms with E-state index in [1.54, 1.807) is 18.9 Å². The van der Waals surface area contributed by atoms with Gasteiger partial charge in [-0.25, -0.2) is 0 Å². The maximum atomic E-state index is 12.9. The molecule has 0 saturated heterocycles. The van der Waals surface area contributed by atoms with E-state index in [1.165, 1.54) is 22.9 Å². The predicted molar refractivity (Wildman–Crippen MR) is 118 cm³/mol. The lowest BCUT2D eigenvalue weighted by Gasteiger charge is -2.29. The number of aryl methyl sites for hydroxylation is 1. The third-order valence-corrected chi connectivity index (χ3v) is 6.54.